The minimum Gasteiger partial charge on any atom is -0.393 e. The summed E-state index contributed by atoms with van der Waals surface area (Å²) in [4.78, 5) is 2.44. The van der Waals surface area contributed by atoms with Crippen LogP contribution in [0.1, 0.15) is 58.8 Å². The van der Waals surface area contributed by atoms with Crippen LogP contribution in [-0.4, -0.2) is 48.8 Å². The SMILES string of the molecule is CC(O)CCN(C)CC1(CNC2CC2)CCCC(C)C1. The molecule has 0 saturated heterocycles. The highest BCUT2D eigenvalue weighted by Gasteiger charge is 2.37. The Labute approximate surface area is 125 Å². The molecular weight excluding hydrogens is 248 g/mol. The topological polar surface area (TPSA) is 35.5 Å². The van der Waals surface area contributed by atoms with Crippen molar-refractivity contribution in [1.82, 2.24) is 10.2 Å². The van der Waals surface area contributed by atoms with Crippen LogP contribution in [0.25, 0.3) is 0 Å². The second kappa shape index (κ2) is 7.24. The zero-order chi connectivity index (χ0) is 14.6. The van der Waals surface area contributed by atoms with Gasteiger partial charge in [0.2, 0.25) is 0 Å². The molecule has 0 heterocycles. The first-order valence-electron chi connectivity index (χ1n) is 8.59. The van der Waals surface area contributed by atoms with E-state index in [4.69, 9.17) is 0 Å². The van der Waals surface area contributed by atoms with Crippen molar-refractivity contribution in [3.05, 3.63) is 0 Å². The predicted molar refractivity (Wildman–Crippen MR) is 84.9 cm³/mol. The molecule has 0 radical (unpaired) electrons. The van der Waals surface area contributed by atoms with Gasteiger partial charge in [-0.15, -0.1) is 0 Å². The Morgan fingerprint density at radius 1 is 1.35 bits per heavy atom. The normalized spacial score (nSPS) is 32.5. The number of aliphatic hydroxyl groups is 1. The Kier molecular flexibility index (Phi) is 5.88. The third kappa shape index (κ3) is 5.34. The first kappa shape index (κ1) is 16.3. The molecule has 2 aliphatic carbocycles. The molecule has 0 aromatic carbocycles. The van der Waals surface area contributed by atoms with Gasteiger partial charge in [-0.05, 0) is 57.4 Å². The quantitative estimate of drug-likeness (QED) is 0.718. The Morgan fingerprint density at radius 3 is 2.70 bits per heavy atom. The van der Waals surface area contributed by atoms with Crippen molar-refractivity contribution in [3.63, 3.8) is 0 Å². The molecule has 2 aliphatic rings. The lowest BCUT2D eigenvalue weighted by molar-refractivity contribution is 0.0822. The van der Waals surface area contributed by atoms with Crippen LogP contribution in [0.5, 0.6) is 0 Å². The van der Waals surface area contributed by atoms with Gasteiger partial charge in [-0.2, -0.15) is 0 Å². The predicted octanol–water partition coefficient (Wildman–Crippen LogP) is 2.64. The molecule has 3 atom stereocenters. The maximum atomic E-state index is 9.46. The maximum Gasteiger partial charge on any atom is 0.0524 e. The van der Waals surface area contributed by atoms with Crippen molar-refractivity contribution in [1.29, 1.82) is 0 Å². The average molecular weight is 282 g/mol. The Hall–Kier alpha value is -0.120. The Balaban J connectivity index is 1.86. The van der Waals surface area contributed by atoms with E-state index in [1.807, 2.05) is 6.92 Å². The van der Waals surface area contributed by atoms with Crippen molar-refractivity contribution >= 4 is 0 Å². The molecule has 0 bridgehead atoms. The van der Waals surface area contributed by atoms with Crippen LogP contribution in [0.2, 0.25) is 0 Å². The summed E-state index contributed by atoms with van der Waals surface area (Å²) in [5, 5.41) is 13.2. The van der Waals surface area contributed by atoms with Gasteiger partial charge in [0.15, 0.2) is 0 Å². The first-order valence-corrected chi connectivity index (χ1v) is 8.59. The summed E-state index contributed by atoms with van der Waals surface area (Å²) < 4.78 is 0. The van der Waals surface area contributed by atoms with Crippen LogP contribution in [0.15, 0.2) is 0 Å². The van der Waals surface area contributed by atoms with Gasteiger partial charge in [-0.3, -0.25) is 0 Å². The van der Waals surface area contributed by atoms with Crippen molar-refractivity contribution < 1.29 is 5.11 Å². The van der Waals surface area contributed by atoms with Crippen molar-refractivity contribution in [2.45, 2.75) is 70.9 Å². The van der Waals surface area contributed by atoms with Crippen molar-refractivity contribution in [2.24, 2.45) is 11.3 Å². The molecule has 2 fully saturated rings. The van der Waals surface area contributed by atoms with Crippen molar-refractivity contribution in [3.8, 4) is 0 Å². The molecule has 118 valence electrons. The first-order chi connectivity index (χ1) is 9.49. The van der Waals surface area contributed by atoms with Crippen molar-refractivity contribution in [2.75, 3.05) is 26.7 Å². The fourth-order valence-electron chi connectivity index (χ4n) is 3.84. The van der Waals surface area contributed by atoms with Gasteiger partial charge in [-0.1, -0.05) is 19.8 Å². The van der Waals surface area contributed by atoms with E-state index >= 15 is 0 Å². The second-order valence-electron chi connectivity index (χ2n) is 7.73. The van der Waals surface area contributed by atoms with Gasteiger partial charge in [0.05, 0.1) is 6.10 Å². The summed E-state index contributed by atoms with van der Waals surface area (Å²) in [7, 11) is 2.22. The zero-order valence-electron chi connectivity index (χ0n) is 13.7. The monoisotopic (exact) mass is 282 g/mol. The summed E-state index contributed by atoms with van der Waals surface area (Å²) >= 11 is 0. The minimum absolute atomic E-state index is 0.178. The van der Waals surface area contributed by atoms with Gasteiger partial charge in [0.25, 0.3) is 0 Å². The molecule has 3 heteroatoms. The zero-order valence-corrected chi connectivity index (χ0v) is 13.7. The second-order valence-corrected chi connectivity index (χ2v) is 7.73. The number of aliphatic hydroxyl groups excluding tert-OH is 1. The molecule has 2 saturated carbocycles. The van der Waals surface area contributed by atoms with E-state index in [1.165, 1.54) is 51.6 Å². The van der Waals surface area contributed by atoms with Gasteiger partial charge < -0.3 is 15.3 Å². The van der Waals surface area contributed by atoms with Gasteiger partial charge in [-0.25, -0.2) is 0 Å². The van der Waals surface area contributed by atoms with Crippen LogP contribution in [0.3, 0.4) is 0 Å². The summed E-state index contributed by atoms with van der Waals surface area (Å²) in [6.07, 6.45) is 9.00. The molecule has 0 aliphatic heterocycles. The van der Waals surface area contributed by atoms with Gasteiger partial charge >= 0.3 is 0 Å². The third-order valence-electron chi connectivity index (χ3n) is 5.06. The highest BCUT2D eigenvalue weighted by molar-refractivity contribution is 4.92. The summed E-state index contributed by atoms with van der Waals surface area (Å²) in [5.41, 5.74) is 0.466. The molecule has 0 spiro atoms. The molecule has 0 aromatic rings. The Bertz CT molecular complexity index is 291. The van der Waals surface area contributed by atoms with Crippen LogP contribution >= 0.6 is 0 Å². The standard InChI is InChI=1S/C17H34N2O/c1-14-5-4-9-17(11-14,12-18-16-6-7-16)13-19(3)10-8-15(2)20/h14-16,18,20H,4-13H2,1-3H3. The van der Waals surface area contributed by atoms with Crippen LogP contribution in [0.4, 0.5) is 0 Å². The summed E-state index contributed by atoms with van der Waals surface area (Å²) in [5.74, 6) is 0.870. The molecule has 2 N–H and O–H groups in total. The third-order valence-corrected chi connectivity index (χ3v) is 5.06. The molecule has 20 heavy (non-hydrogen) atoms. The molecular formula is C17H34N2O. The fraction of sp³-hybridized carbons (Fsp3) is 1.00. The van der Waals surface area contributed by atoms with Crippen LogP contribution in [-0.2, 0) is 0 Å². The van der Waals surface area contributed by atoms with Crippen LogP contribution in [0, 0.1) is 11.3 Å². The molecule has 0 aromatic heterocycles. The van der Waals surface area contributed by atoms with E-state index in [-0.39, 0.29) is 6.10 Å². The van der Waals surface area contributed by atoms with E-state index in [1.54, 1.807) is 0 Å². The molecule has 3 unspecified atom stereocenters. The Morgan fingerprint density at radius 2 is 2.10 bits per heavy atom. The maximum absolute atomic E-state index is 9.46. The minimum atomic E-state index is -0.178. The lowest BCUT2D eigenvalue weighted by atomic mass is 9.69. The van der Waals surface area contributed by atoms with Gasteiger partial charge in [0, 0.05) is 25.7 Å². The summed E-state index contributed by atoms with van der Waals surface area (Å²) in [6.45, 7) is 7.70. The average Bonchev–Trinajstić information content (AvgIpc) is 3.18. The molecule has 2 rings (SSSR count). The highest BCUT2D eigenvalue weighted by atomic mass is 16.3. The van der Waals surface area contributed by atoms with E-state index < -0.39 is 0 Å². The molecule has 3 nitrogen and oxygen atoms in total. The van der Waals surface area contributed by atoms with Crippen LogP contribution < -0.4 is 5.32 Å². The highest BCUT2D eigenvalue weighted by Crippen LogP contribution is 2.40. The van der Waals surface area contributed by atoms with E-state index in [0.717, 1.165) is 24.9 Å². The lowest BCUT2D eigenvalue weighted by Crippen LogP contribution is -2.46. The fourth-order valence-corrected chi connectivity index (χ4v) is 3.84. The summed E-state index contributed by atoms with van der Waals surface area (Å²) in [6, 6.07) is 0.812. The number of hydrogen-bond acceptors (Lipinski definition) is 3. The number of nitrogens with one attached hydrogen (secondary N) is 1. The van der Waals surface area contributed by atoms with E-state index in [2.05, 4.69) is 24.2 Å². The van der Waals surface area contributed by atoms with Gasteiger partial charge in [0.1, 0.15) is 0 Å². The van der Waals surface area contributed by atoms with E-state index in [0.29, 0.717) is 5.41 Å². The lowest BCUT2D eigenvalue weighted by Gasteiger charge is -2.43. The number of rotatable bonds is 8. The largest absolute Gasteiger partial charge is 0.393 e. The van der Waals surface area contributed by atoms with E-state index in [9.17, 15) is 5.11 Å². The number of nitrogens with zero attached hydrogens (tertiary/aromatic N) is 1. The smallest absolute Gasteiger partial charge is 0.0524 e. The molecule has 0 amide bonds. The number of hydrogen-bond donors (Lipinski definition) is 2.